The fraction of sp³-hybridized carbons (Fsp3) is 0.667. The quantitative estimate of drug-likeness (QED) is 0.848. The molecule has 23 heavy (non-hydrogen) atoms. The van der Waals surface area contributed by atoms with Gasteiger partial charge < -0.3 is 9.09 Å². The van der Waals surface area contributed by atoms with Crippen LogP contribution >= 0.6 is 11.6 Å². The minimum atomic E-state index is 0.138. The molecule has 2 aliphatic rings. The number of halogens is 1. The summed E-state index contributed by atoms with van der Waals surface area (Å²) in [5, 5.41) is 4.81. The molecule has 1 saturated heterocycles. The monoisotopic (exact) mass is 336 g/mol. The molecule has 0 bridgehead atoms. The molecule has 3 heterocycles. The summed E-state index contributed by atoms with van der Waals surface area (Å²) in [4.78, 5) is 13.7. The first-order valence-electron chi connectivity index (χ1n) is 8.04. The van der Waals surface area contributed by atoms with Crippen molar-refractivity contribution in [1.29, 1.82) is 0 Å². The zero-order chi connectivity index (χ0) is 16.0. The maximum Gasteiger partial charge on any atom is 0.245 e. The number of nitrogens with zero attached hydrogens (tertiary/aromatic N) is 6. The maximum atomic E-state index is 6.07. The van der Waals surface area contributed by atoms with Crippen molar-refractivity contribution in [3.63, 3.8) is 0 Å². The summed E-state index contributed by atoms with van der Waals surface area (Å²) in [7, 11) is 4.05. The van der Waals surface area contributed by atoms with Gasteiger partial charge in [-0.05, 0) is 19.9 Å². The molecule has 0 spiro atoms. The fourth-order valence-electron chi connectivity index (χ4n) is 3.00. The lowest BCUT2D eigenvalue weighted by Crippen LogP contribution is -2.46. The molecular formula is C15H21ClN6O. The molecule has 8 heteroatoms. The molecule has 1 aliphatic carbocycles. The number of aromatic nitrogens is 4. The molecule has 4 rings (SSSR count). The van der Waals surface area contributed by atoms with E-state index in [4.69, 9.17) is 16.1 Å². The van der Waals surface area contributed by atoms with Crippen LogP contribution in [-0.2, 0) is 13.6 Å². The molecular weight excluding hydrogens is 316 g/mol. The number of likely N-dealkylation sites (N-methyl/N-ethyl adjacent to an activating group) is 1. The van der Waals surface area contributed by atoms with Crippen molar-refractivity contribution < 1.29 is 4.52 Å². The zero-order valence-electron chi connectivity index (χ0n) is 13.4. The van der Waals surface area contributed by atoms with Gasteiger partial charge in [-0.25, -0.2) is 4.98 Å². The smallest absolute Gasteiger partial charge is 0.245 e. The Morgan fingerprint density at radius 3 is 2.83 bits per heavy atom. The Balaban J connectivity index is 1.47. The molecule has 0 aromatic carbocycles. The van der Waals surface area contributed by atoms with Gasteiger partial charge in [0.1, 0.15) is 17.0 Å². The third-order valence-electron chi connectivity index (χ3n) is 4.81. The summed E-state index contributed by atoms with van der Waals surface area (Å²) in [5.74, 6) is 3.10. The van der Waals surface area contributed by atoms with E-state index < -0.39 is 0 Å². The second-order valence-corrected chi connectivity index (χ2v) is 6.94. The number of piperazine rings is 1. The first kappa shape index (κ1) is 15.1. The number of rotatable bonds is 4. The van der Waals surface area contributed by atoms with E-state index in [-0.39, 0.29) is 6.04 Å². The summed E-state index contributed by atoms with van der Waals surface area (Å²) < 4.78 is 7.45. The van der Waals surface area contributed by atoms with Crippen LogP contribution in [0.4, 0.5) is 0 Å². The van der Waals surface area contributed by atoms with Crippen molar-refractivity contribution >= 4 is 11.6 Å². The molecule has 1 saturated carbocycles. The summed E-state index contributed by atoms with van der Waals surface area (Å²) in [5.41, 5.74) is 0. The Bertz CT molecular complexity index is 694. The van der Waals surface area contributed by atoms with E-state index in [9.17, 15) is 0 Å². The molecule has 0 N–H and O–H groups in total. The van der Waals surface area contributed by atoms with Gasteiger partial charge in [-0.3, -0.25) is 9.80 Å². The molecule has 7 nitrogen and oxygen atoms in total. The molecule has 1 atom stereocenters. The Labute approximate surface area is 140 Å². The SMILES string of the molecule is CN1CCN(Cc2ncc(Cl)n2C)C[C@H]1c1nc(C2CC2)no1. The normalized spacial score (nSPS) is 23.5. The molecule has 0 unspecified atom stereocenters. The maximum absolute atomic E-state index is 6.07. The molecule has 2 aromatic rings. The predicted molar refractivity (Wildman–Crippen MR) is 85.1 cm³/mol. The van der Waals surface area contributed by atoms with E-state index in [0.29, 0.717) is 11.1 Å². The van der Waals surface area contributed by atoms with E-state index in [1.54, 1.807) is 6.20 Å². The van der Waals surface area contributed by atoms with Crippen LogP contribution in [0.15, 0.2) is 10.7 Å². The molecule has 0 amide bonds. The largest absolute Gasteiger partial charge is 0.338 e. The van der Waals surface area contributed by atoms with Gasteiger partial charge in [0, 0.05) is 32.6 Å². The highest BCUT2D eigenvalue weighted by atomic mass is 35.5. The highest BCUT2D eigenvalue weighted by Crippen LogP contribution is 2.38. The van der Waals surface area contributed by atoms with Crippen molar-refractivity contribution in [2.24, 2.45) is 7.05 Å². The van der Waals surface area contributed by atoms with Gasteiger partial charge in [-0.2, -0.15) is 4.98 Å². The number of hydrogen-bond donors (Lipinski definition) is 0. The summed E-state index contributed by atoms with van der Waals surface area (Å²) in [6, 6.07) is 0.138. The first-order valence-corrected chi connectivity index (χ1v) is 8.42. The highest BCUT2D eigenvalue weighted by molar-refractivity contribution is 6.29. The van der Waals surface area contributed by atoms with Crippen molar-refractivity contribution in [1.82, 2.24) is 29.5 Å². The molecule has 2 aromatic heterocycles. The lowest BCUT2D eigenvalue weighted by atomic mass is 10.1. The molecule has 1 aliphatic heterocycles. The van der Waals surface area contributed by atoms with Gasteiger partial charge >= 0.3 is 0 Å². The molecule has 124 valence electrons. The lowest BCUT2D eigenvalue weighted by molar-refractivity contribution is 0.0694. The van der Waals surface area contributed by atoms with Crippen molar-refractivity contribution in [2.75, 3.05) is 26.7 Å². The molecule has 0 radical (unpaired) electrons. The van der Waals surface area contributed by atoms with Gasteiger partial charge in [-0.15, -0.1) is 0 Å². The van der Waals surface area contributed by atoms with Crippen molar-refractivity contribution in [3.05, 3.63) is 28.9 Å². The van der Waals surface area contributed by atoms with Gasteiger partial charge in [0.25, 0.3) is 0 Å². The Morgan fingerprint density at radius 1 is 1.30 bits per heavy atom. The summed E-state index contributed by atoms with van der Waals surface area (Å²) in [6.45, 7) is 3.58. The van der Waals surface area contributed by atoms with Crippen LogP contribution < -0.4 is 0 Å². The Kier molecular flexibility index (Phi) is 3.87. The second-order valence-electron chi connectivity index (χ2n) is 6.55. The lowest BCUT2D eigenvalue weighted by Gasteiger charge is -2.37. The first-order chi connectivity index (χ1) is 11.1. The third kappa shape index (κ3) is 3.00. The Hall–Kier alpha value is -1.44. The fourth-order valence-corrected chi connectivity index (χ4v) is 3.15. The Morgan fingerprint density at radius 2 is 2.13 bits per heavy atom. The van der Waals surface area contributed by atoms with Gasteiger partial charge in [0.2, 0.25) is 5.89 Å². The summed E-state index contributed by atoms with van der Waals surface area (Å²) in [6.07, 6.45) is 4.07. The van der Waals surface area contributed by atoms with Crippen LogP contribution in [0.25, 0.3) is 0 Å². The van der Waals surface area contributed by atoms with E-state index in [0.717, 1.165) is 43.7 Å². The van der Waals surface area contributed by atoms with Gasteiger partial charge in [-0.1, -0.05) is 16.8 Å². The molecule has 2 fully saturated rings. The van der Waals surface area contributed by atoms with Crippen LogP contribution in [0.3, 0.4) is 0 Å². The van der Waals surface area contributed by atoms with Crippen LogP contribution in [0.5, 0.6) is 0 Å². The van der Waals surface area contributed by atoms with Crippen LogP contribution in [0, 0.1) is 0 Å². The standard InChI is InChI=1S/C15H21ClN6O/c1-20-5-6-22(9-13-17-7-12(16)21(13)2)8-11(20)15-18-14(19-23-15)10-3-4-10/h7,10-11H,3-6,8-9H2,1-2H3/t11-/m0/s1. The van der Waals surface area contributed by atoms with Gasteiger partial charge in [0.15, 0.2) is 5.82 Å². The minimum absolute atomic E-state index is 0.138. The average molecular weight is 337 g/mol. The average Bonchev–Trinajstić information content (AvgIpc) is 3.21. The van der Waals surface area contributed by atoms with Crippen molar-refractivity contribution in [2.45, 2.75) is 31.3 Å². The van der Waals surface area contributed by atoms with Crippen LogP contribution in [0.2, 0.25) is 5.15 Å². The van der Waals surface area contributed by atoms with E-state index >= 15 is 0 Å². The van der Waals surface area contributed by atoms with E-state index in [2.05, 4.69) is 32.0 Å². The predicted octanol–water partition coefficient (Wildman–Crippen LogP) is 1.82. The van der Waals surface area contributed by atoms with E-state index in [1.165, 1.54) is 12.8 Å². The zero-order valence-corrected chi connectivity index (χ0v) is 14.2. The minimum Gasteiger partial charge on any atom is -0.338 e. The van der Waals surface area contributed by atoms with Crippen LogP contribution in [-0.4, -0.2) is 56.2 Å². The second kappa shape index (κ2) is 5.89. The number of hydrogen-bond acceptors (Lipinski definition) is 6. The third-order valence-corrected chi connectivity index (χ3v) is 5.16. The number of imidazole rings is 1. The van der Waals surface area contributed by atoms with E-state index in [1.807, 2.05) is 11.6 Å². The topological polar surface area (TPSA) is 63.2 Å². The van der Waals surface area contributed by atoms with Gasteiger partial charge in [0.05, 0.1) is 12.7 Å². The highest BCUT2D eigenvalue weighted by Gasteiger charge is 2.34. The summed E-state index contributed by atoms with van der Waals surface area (Å²) >= 11 is 6.07. The van der Waals surface area contributed by atoms with Crippen molar-refractivity contribution in [3.8, 4) is 0 Å². The van der Waals surface area contributed by atoms with Crippen LogP contribution in [0.1, 0.15) is 42.3 Å².